The lowest BCUT2D eigenvalue weighted by Crippen LogP contribution is -2.24. The first kappa shape index (κ1) is 16.6. The Morgan fingerprint density at radius 3 is 2.67 bits per heavy atom. The second kappa shape index (κ2) is 7.16. The number of rotatable bonds is 6. The van der Waals surface area contributed by atoms with Gasteiger partial charge in [-0.15, -0.1) is 5.10 Å². The van der Waals surface area contributed by atoms with Crippen LogP contribution in [0.4, 0.5) is 6.01 Å². The molecule has 0 saturated carbocycles. The van der Waals surface area contributed by atoms with Gasteiger partial charge in [-0.05, 0) is 24.3 Å². The van der Waals surface area contributed by atoms with Gasteiger partial charge in [0.2, 0.25) is 5.91 Å². The van der Waals surface area contributed by atoms with Crippen molar-refractivity contribution >= 4 is 23.0 Å². The Bertz CT molecular complexity index is 1130. The highest BCUT2D eigenvalue weighted by molar-refractivity contribution is 5.89. The van der Waals surface area contributed by atoms with Gasteiger partial charge in [0, 0.05) is 0 Å². The topological polar surface area (TPSA) is 112 Å². The van der Waals surface area contributed by atoms with Gasteiger partial charge in [-0.2, -0.15) is 0 Å². The predicted molar refractivity (Wildman–Crippen MR) is 94.2 cm³/mol. The molecule has 0 unspecified atom stereocenters. The number of amides is 1. The molecule has 1 N–H and O–H groups in total. The molecule has 2 aromatic heterocycles. The van der Waals surface area contributed by atoms with Crippen molar-refractivity contribution < 1.29 is 18.4 Å². The summed E-state index contributed by atoms with van der Waals surface area (Å²) in [6.07, 6.45) is 0. The molecule has 0 radical (unpaired) electrons. The molecule has 0 fully saturated rings. The third-order valence-corrected chi connectivity index (χ3v) is 3.69. The second-order valence-corrected chi connectivity index (χ2v) is 5.57. The van der Waals surface area contributed by atoms with Crippen LogP contribution < -0.4 is 15.8 Å². The number of benzene rings is 2. The zero-order valence-electron chi connectivity index (χ0n) is 14.0. The normalized spacial score (nSPS) is 10.8. The van der Waals surface area contributed by atoms with Gasteiger partial charge in [0.05, 0.1) is 5.52 Å². The molecule has 27 heavy (non-hydrogen) atoms. The second-order valence-electron chi connectivity index (χ2n) is 5.57. The molecule has 0 atom stereocenters. The summed E-state index contributed by atoms with van der Waals surface area (Å²) < 4.78 is 17.1. The summed E-state index contributed by atoms with van der Waals surface area (Å²) in [7, 11) is 0. The van der Waals surface area contributed by atoms with Gasteiger partial charge in [0.15, 0.2) is 12.2 Å². The maximum absolute atomic E-state index is 12.2. The summed E-state index contributed by atoms with van der Waals surface area (Å²) in [6.45, 7) is -0.174. The summed E-state index contributed by atoms with van der Waals surface area (Å²) >= 11 is 0. The molecule has 0 spiro atoms. The lowest BCUT2D eigenvalue weighted by Gasteiger charge is -2.02. The van der Waals surface area contributed by atoms with Gasteiger partial charge in [0.1, 0.15) is 12.3 Å². The maximum atomic E-state index is 12.2. The number of hydrogen-bond acceptors (Lipinski definition) is 7. The van der Waals surface area contributed by atoms with Crippen molar-refractivity contribution in [2.45, 2.75) is 13.2 Å². The van der Waals surface area contributed by atoms with Crippen molar-refractivity contribution in [1.82, 2.24) is 14.8 Å². The van der Waals surface area contributed by atoms with E-state index in [1.807, 2.05) is 18.2 Å². The summed E-state index contributed by atoms with van der Waals surface area (Å²) in [5.41, 5.74) is 0.938. The molecular weight excluding hydrogens is 352 g/mol. The zero-order valence-corrected chi connectivity index (χ0v) is 14.0. The van der Waals surface area contributed by atoms with Crippen LogP contribution >= 0.6 is 0 Å². The Morgan fingerprint density at radius 2 is 1.81 bits per heavy atom. The van der Waals surface area contributed by atoms with Crippen LogP contribution in [0.15, 0.2) is 68.2 Å². The Hall–Kier alpha value is -3.88. The summed E-state index contributed by atoms with van der Waals surface area (Å²) in [5, 5.41) is 10.0. The van der Waals surface area contributed by atoms with Gasteiger partial charge < -0.3 is 13.6 Å². The number of fused-ring (bicyclic) bond motifs is 1. The van der Waals surface area contributed by atoms with Crippen molar-refractivity contribution in [1.29, 1.82) is 0 Å². The van der Waals surface area contributed by atoms with E-state index in [1.54, 1.807) is 36.4 Å². The minimum Gasteiger partial charge on any atom is -0.484 e. The van der Waals surface area contributed by atoms with E-state index >= 15 is 0 Å². The van der Waals surface area contributed by atoms with E-state index in [-0.39, 0.29) is 25.1 Å². The van der Waals surface area contributed by atoms with Crippen LogP contribution in [0.1, 0.15) is 5.89 Å². The average Bonchev–Trinajstić information content (AvgIpc) is 3.25. The van der Waals surface area contributed by atoms with Crippen molar-refractivity contribution in [2.24, 2.45) is 0 Å². The molecule has 1 amide bonds. The first-order valence-electron chi connectivity index (χ1n) is 8.07. The highest BCUT2D eigenvalue weighted by Crippen LogP contribution is 2.14. The van der Waals surface area contributed by atoms with Crippen LogP contribution in [0.5, 0.6) is 5.75 Å². The van der Waals surface area contributed by atoms with Gasteiger partial charge in [0.25, 0.3) is 5.89 Å². The van der Waals surface area contributed by atoms with Gasteiger partial charge in [-0.25, -0.2) is 4.79 Å². The van der Waals surface area contributed by atoms with Crippen LogP contribution in [0, 0.1) is 0 Å². The first-order valence-corrected chi connectivity index (χ1v) is 8.07. The fourth-order valence-corrected chi connectivity index (χ4v) is 2.49. The number of nitrogens with one attached hydrogen (secondary N) is 1. The van der Waals surface area contributed by atoms with Gasteiger partial charge in [-0.3, -0.25) is 14.7 Å². The molecule has 9 heteroatoms. The van der Waals surface area contributed by atoms with Crippen LogP contribution in [0.3, 0.4) is 0 Å². The molecule has 9 nitrogen and oxygen atoms in total. The van der Waals surface area contributed by atoms with E-state index in [1.165, 1.54) is 4.57 Å². The van der Waals surface area contributed by atoms with E-state index in [0.717, 1.165) is 0 Å². The maximum Gasteiger partial charge on any atom is 0.420 e. The van der Waals surface area contributed by atoms with E-state index in [4.69, 9.17) is 13.6 Å². The first-order chi connectivity index (χ1) is 13.2. The van der Waals surface area contributed by atoms with Gasteiger partial charge in [-0.1, -0.05) is 35.4 Å². The monoisotopic (exact) mass is 366 g/mol. The van der Waals surface area contributed by atoms with Gasteiger partial charge >= 0.3 is 11.8 Å². The Balaban J connectivity index is 1.39. The molecule has 2 aromatic carbocycles. The number of oxazole rings is 1. The van der Waals surface area contributed by atoms with Crippen molar-refractivity contribution in [3.05, 3.63) is 71.0 Å². The Labute approximate surface area is 152 Å². The number of para-hydroxylation sites is 3. The zero-order chi connectivity index (χ0) is 18.6. The fraction of sp³-hybridized carbons (Fsp3) is 0.111. The van der Waals surface area contributed by atoms with E-state index in [2.05, 4.69) is 15.5 Å². The van der Waals surface area contributed by atoms with Crippen molar-refractivity contribution in [3.63, 3.8) is 0 Å². The van der Waals surface area contributed by atoms with Crippen LogP contribution in [-0.4, -0.2) is 20.7 Å². The van der Waals surface area contributed by atoms with E-state index < -0.39 is 11.7 Å². The lowest BCUT2D eigenvalue weighted by atomic mass is 10.3. The quantitative estimate of drug-likeness (QED) is 0.556. The number of carbonyl (C=O) groups excluding carboxylic acids is 1. The molecule has 136 valence electrons. The third-order valence-electron chi connectivity index (χ3n) is 3.69. The Kier molecular flexibility index (Phi) is 4.40. The third kappa shape index (κ3) is 3.71. The fourth-order valence-electron chi connectivity index (χ4n) is 2.49. The number of nitrogens with zero attached hydrogens (tertiary/aromatic N) is 3. The molecule has 0 bridgehead atoms. The number of ether oxygens (including phenoxy) is 1. The molecular formula is C18H14N4O5. The minimum atomic E-state index is -0.617. The summed E-state index contributed by atoms with van der Waals surface area (Å²) in [6, 6.07) is 15.9. The molecule has 0 aliphatic carbocycles. The largest absolute Gasteiger partial charge is 0.484 e. The molecule has 0 aliphatic heterocycles. The number of hydrogen-bond donors (Lipinski definition) is 1. The van der Waals surface area contributed by atoms with Crippen molar-refractivity contribution in [2.75, 3.05) is 5.32 Å². The van der Waals surface area contributed by atoms with Crippen molar-refractivity contribution in [3.8, 4) is 5.75 Å². The van der Waals surface area contributed by atoms with E-state index in [0.29, 0.717) is 16.8 Å². The van der Waals surface area contributed by atoms with Crippen LogP contribution in [0.2, 0.25) is 0 Å². The number of aromatic nitrogens is 3. The smallest absolute Gasteiger partial charge is 0.420 e. The van der Waals surface area contributed by atoms with E-state index in [9.17, 15) is 9.59 Å². The predicted octanol–water partition coefficient (Wildman–Crippen LogP) is 2.20. The van der Waals surface area contributed by atoms with Crippen LogP contribution in [-0.2, 0) is 17.9 Å². The molecule has 0 aliphatic rings. The molecule has 2 heterocycles. The summed E-state index contributed by atoms with van der Waals surface area (Å²) in [4.78, 5) is 24.1. The number of anilines is 1. The summed E-state index contributed by atoms with van der Waals surface area (Å²) in [5.74, 6) is -0.246. The molecule has 0 saturated heterocycles. The SMILES string of the molecule is O=C(Cn1c(=O)oc2ccccc21)Nc1nnc(COc2ccccc2)o1. The molecule has 4 aromatic rings. The number of carbonyl (C=O) groups is 1. The standard InChI is InChI=1S/C18H14N4O5/c23-15(10-22-13-8-4-5-9-14(13)26-18(22)24)19-17-21-20-16(27-17)11-25-12-6-2-1-3-7-12/h1-9H,10-11H2,(H,19,21,23). The molecule has 4 rings (SSSR count). The minimum absolute atomic E-state index is 0.0682. The van der Waals surface area contributed by atoms with Crippen LogP contribution in [0.25, 0.3) is 11.1 Å². The Morgan fingerprint density at radius 1 is 1.04 bits per heavy atom. The lowest BCUT2D eigenvalue weighted by molar-refractivity contribution is -0.116. The highest BCUT2D eigenvalue weighted by Gasteiger charge is 2.15. The highest BCUT2D eigenvalue weighted by atomic mass is 16.5. The average molecular weight is 366 g/mol.